The number of esters is 1. The Morgan fingerprint density at radius 3 is 2.76 bits per heavy atom. The molecule has 6 heteroatoms. The summed E-state index contributed by atoms with van der Waals surface area (Å²) in [5.74, 6) is 1.37. The van der Waals surface area contributed by atoms with Crippen molar-refractivity contribution >= 4 is 11.8 Å². The summed E-state index contributed by atoms with van der Waals surface area (Å²) in [5.41, 5.74) is 3.46. The van der Waals surface area contributed by atoms with Crippen molar-refractivity contribution in [3.05, 3.63) is 65.5 Å². The van der Waals surface area contributed by atoms with Crippen molar-refractivity contribution in [3.8, 4) is 11.3 Å². The van der Waals surface area contributed by atoms with Crippen LogP contribution in [0.4, 0.5) is 5.82 Å². The Bertz CT molecular complexity index is 888. The summed E-state index contributed by atoms with van der Waals surface area (Å²) in [4.78, 5) is 18.1. The standard InChI is InChI=1S/C19H17N3O3/c1-24-19(23)14-7-8-17(20-11-14)22-10-9-16-15(12-22)18(21-25-16)13-5-3-2-4-6-13/h2-8,11H,9-10,12H2,1H3. The van der Waals surface area contributed by atoms with Crippen molar-refractivity contribution in [1.82, 2.24) is 10.1 Å². The van der Waals surface area contributed by atoms with Crippen LogP contribution < -0.4 is 4.90 Å². The van der Waals surface area contributed by atoms with Crippen LogP contribution in [0, 0.1) is 0 Å². The molecule has 3 heterocycles. The highest BCUT2D eigenvalue weighted by atomic mass is 16.5. The molecule has 0 atom stereocenters. The molecule has 0 aliphatic carbocycles. The van der Waals surface area contributed by atoms with Crippen LogP contribution in [0.2, 0.25) is 0 Å². The number of methoxy groups -OCH3 is 1. The van der Waals surface area contributed by atoms with Crippen molar-refractivity contribution in [1.29, 1.82) is 0 Å². The molecule has 3 aromatic rings. The molecule has 126 valence electrons. The number of hydrogen-bond acceptors (Lipinski definition) is 6. The van der Waals surface area contributed by atoms with Crippen LogP contribution >= 0.6 is 0 Å². The quantitative estimate of drug-likeness (QED) is 0.685. The van der Waals surface area contributed by atoms with E-state index in [0.29, 0.717) is 12.1 Å². The molecule has 0 saturated carbocycles. The fourth-order valence-electron chi connectivity index (χ4n) is 3.04. The molecular formula is C19H17N3O3. The number of nitrogens with zero attached hydrogens (tertiary/aromatic N) is 3. The van der Waals surface area contributed by atoms with Gasteiger partial charge in [0.2, 0.25) is 0 Å². The summed E-state index contributed by atoms with van der Waals surface area (Å²) in [5, 5.41) is 4.26. The number of anilines is 1. The van der Waals surface area contributed by atoms with Crippen LogP contribution in [0.1, 0.15) is 21.7 Å². The fourth-order valence-corrected chi connectivity index (χ4v) is 3.04. The maximum Gasteiger partial charge on any atom is 0.339 e. The smallest absolute Gasteiger partial charge is 0.339 e. The Labute approximate surface area is 145 Å². The second-order valence-corrected chi connectivity index (χ2v) is 5.87. The monoisotopic (exact) mass is 335 g/mol. The van der Waals surface area contributed by atoms with Crippen molar-refractivity contribution in [3.63, 3.8) is 0 Å². The van der Waals surface area contributed by atoms with Crippen LogP contribution in [-0.2, 0) is 17.7 Å². The van der Waals surface area contributed by atoms with E-state index in [1.54, 1.807) is 12.3 Å². The molecule has 0 fully saturated rings. The van der Waals surface area contributed by atoms with E-state index in [1.807, 2.05) is 36.4 Å². The van der Waals surface area contributed by atoms with Gasteiger partial charge in [-0.15, -0.1) is 0 Å². The van der Waals surface area contributed by atoms with E-state index < -0.39 is 0 Å². The third-order valence-electron chi connectivity index (χ3n) is 4.37. The SMILES string of the molecule is COC(=O)c1ccc(N2CCc3onc(-c4ccccc4)c3C2)nc1. The molecule has 0 saturated heterocycles. The van der Waals surface area contributed by atoms with Crippen LogP contribution in [0.15, 0.2) is 53.2 Å². The van der Waals surface area contributed by atoms with Crippen LogP contribution in [0.5, 0.6) is 0 Å². The predicted molar refractivity (Wildman–Crippen MR) is 92.3 cm³/mol. The van der Waals surface area contributed by atoms with E-state index in [-0.39, 0.29) is 5.97 Å². The minimum Gasteiger partial charge on any atom is -0.465 e. The minimum absolute atomic E-state index is 0.384. The molecule has 0 radical (unpaired) electrons. The molecule has 6 nitrogen and oxygen atoms in total. The van der Waals surface area contributed by atoms with E-state index >= 15 is 0 Å². The third kappa shape index (κ3) is 2.87. The van der Waals surface area contributed by atoms with Gasteiger partial charge in [0.1, 0.15) is 17.3 Å². The molecule has 0 N–H and O–H groups in total. The predicted octanol–water partition coefficient (Wildman–Crippen LogP) is 3.09. The van der Waals surface area contributed by atoms with Gasteiger partial charge < -0.3 is 14.2 Å². The van der Waals surface area contributed by atoms with Crippen molar-refractivity contribution in [2.75, 3.05) is 18.6 Å². The Balaban J connectivity index is 1.60. The lowest BCUT2D eigenvalue weighted by atomic mass is 10.0. The molecule has 25 heavy (non-hydrogen) atoms. The number of fused-ring (bicyclic) bond motifs is 1. The Hall–Kier alpha value is -3.15. The van der Waals surface area contributed by atoms with Gasteiger partial charge in [-0.05, 0) is 12.1 Å². The third-order valence-corrected chi connectivity index (χ3v) is 4.37. The zero-order valence-corrected chi connectivity index (χ0v) is 13.8. The lowest BCUT2D eigenvalue weighted by Crippen LogP contribution is -2.30. The summed E-state index contributed by atoms with van der Waals surface area (Å²) < 4.78 is 10.2. The summed E-state index contributed by atoms with van der Waals surface area (Å²) in [6.45, 7) is 1.47. The lowest BCUT2D eigenvalue weighted by molar-refractivity contribution is 0.0600. The molecule has 0 spiro atoms. The van der Waals surface area contributed by atoms with Crippen molar-refractivity contribution in [2.45, 2.75) is 13.0 Å². The minimum atomic E-state index is -0.384. The highest BCUT2D eigenvalue weighted by Crippen LogP contribution is 2.31. The molecule has 1 aromatic carbocycles. The van der Waals surface area contributed by atoms with E-state index in [4.69, 9.17) is 9.26 Å². The summed E-state index contributed by atoms with van der Waals surface area (Å²) in [6, 6.07) is 13.6. The van der Waals surface area contributed by atoms with Gasteiger partial charge in [0, 0.05) is 30.3 Å². The van der Waals surface area contributed by atoms with Gasteiger partial charge in [0.05, 0.1) is 19.2 Å². The first-order valence-corrected chi connectivity index (χ1v) is 8.08. The van der Waals surface area contributed by atoms with Gasteiger partial charge in [0.25, 0.3) is 0 Å². The maximum atomic E-state index is 11.5. The zero-order chi connectivity index (χ0) is 17.2. The van der Waals surface area contributed by atoms with Gasteiger partial charge in [0.15, 0.2) is 0 Å². The number of rotatable bonds is 3. The second kappa shape index (κ2) is 6.39. The lowest BCUT2D eigenvalue weighted by Gasteiger charge is -2.27. The van der Waals surface area contributed by atoms with E-state index in [1.165, 1.54) is 7.11 Å². The number of aromatic nitrogens is 2. The highest BCUT2D eigenvalue weighted by Gasteiger charge is 2.25. The summed E-state index contributed by atoms with van der Waals surface area (Å²) >= 11 is 0. The summed E-state index contributed by atoms with van der Waals surface area (Å²) in [7, 11) is 1.36. The average Bonchev–Trinajstić information content (AvgIpc) is 3.11. The second-order valence-electron chi connectivity index (χ2n) is 5.87. The topological polar surface area (TPSA) is 68.5 Å². The number of ether oxygens (including phenoxy) is 1. The summed E-state index contributed by atoms with van der Waals surface area (Å²) in [6.07, 6.45) is 2.32. The molecule has 0 unspecified atom stereocenters. The maximum absolute atomic E-state index is 11.5. The molecule has 4 rings (SSSR count). The van der Waals surface area contributed by atoms with E-state index in [9.17, 15) is 4.79 Å². The molecule has 2 aromatic heterocycles. The molecule has 0 amide bonds. The first-order chi connectivity index (χ1) is 12.3. The first-order valence-electron chi connectivity index (χ1n) is 8.08. The van der Waals surface area contributed by atoms with Gasteiger partial charge in [-0.2, -0.15) is 0 Å². The molecular weight excluding hydrogens is 318 g/mol. The molecule has 1 aliphatic heterocycles. The highest BCUT2D eigenvalue weighted by molar-refractivity contribution is 5.89. The Morgan fingerprint density at radius 2 is 2.04 bits per heavy atom. The number of pyridine rings is 1. The van der Waals surface area contributed by atoms with Crippen LogP contribution in [0.25, 0.3) is 11.3 Å². The van der Waals surface area contributed by atoms with E-state index in [0.717, 1.165) is 41.4 Å². The first kappa shape index (κ1) is 15.4. The largest absolute Gasteiger partial charge is 0.465 e. The van der Waals surface area contributed by atoms with Gasteiger partial charge in [-0.3, -0.25) is 0 Å². The van der Waals surface area contributed by atoms with Gasteiger partial charge in [-0.25, -0.2) is 9.78 Å². The molecule has 0 bridgehead atoms. The van der Waals surface area contributed by atoms with Gasteiger partial charge in [-0.1, -0.05) is 35.5 Å². The van der Waals surface area contributed by atoms with Crippen LogP contribution in [0.3, 0.4) is 0 Å². The Kier molecular flexibility index (Phi) is 3.93. The number of carbonyl (C=O) groups excluding carboxylic acids is 1. The fraction of sp³-hybridized carbons (Fsp3) is 0.211. The normalized spacial score (nSPS) is 13.4. The van der Waals surface area contributed by atoms with E-state index in [2.05, 4.69) is 15.0 Å². The average molecular weight is 335 g/mol. The number of benzene rings is 1. The number of carbonyl (C=O) groups is 1. The van der Waals surface area contributed by atoms with Crippen molar-refractivity contribution in [2.24, 2.45) is 0 Å². The van der Waals surface area contributed by atoms with Gasteiger partial charge >= 0.3 is 5.97 Å². The molecule has 1 aliphatic rings. The number of hydrogen-bond donors (Lipinski definition) is 0. The zero-order valence-electron chi connectivity index (χ0n) is 13.8. The van der Waals surface area contributed by atoms with Crippen molar-refractivity contribution < 1.29 is 14.1 Å². The Morgan fingerprint density at radius 1 is 1.20 bits per heavy atom. The van der Waals surface area contributed by atoms with Crippen LogP contribution in [-0.4, -0.2) is 29.8 Å².